The summed E-state index contributed by atoms with van der Waals surface area (Å²) in [5.41, 5.74) is 17.1. The molecule has 0 radical (unpaired) electrons. The lowest BCUT2D eigenvalue weighted by Gasteiger charge is -2.12. The molecule has 0 unspecified atom stereocenters. The Kier molecular flexibility index (Phi) is 9.20. The van der Waals surface area contributed by atoms with Crippen LogP contribution in [0, 0.1) is 0 Å². The van der Waals surface area contributed by atoms with Crippen LogP contribution < -0.4 is 0 Å². The standard InChI is InChI=1S/C69H41N5O2/c1-4-16-43(17-5-1)67-70-68(44-32-30-42(31-33-44)49-24-14-25-54-51-23-11-13-28-60(51)76-66(49)54)72-69(71-67)55-26-15-29-62-63(55)57-41-46(35-39-61(57)75-62)45-34-38-59-56(40-45)53-37-36-52-50-22-10-12-27-58(50)73(47-18-6-2-7-19-47)64(52)65(53)74(59)48-20-8-3-9-21-48/h1-41H. The van der Waals surface area contributed by atoms with E-state index in [4.69, 9.17) is 23.8 Å². The molecule has 7 heteroatoms. The van der Waals surface area contributed by atoms with Crippen molar-refractivity contribution in [2.24, 2.45) is 0 Å². The van der Waals surface area contributed by atoms with Crippen LogP contribution in [-0.4, -0.2) is 24.1 Å². The van der Waals surface area contributed by atoms with Crippen molar-refractivity contribution >= 4 is 87.5 Å². The average molecular weight is 972 g/mol. The van der Waals surface area contributed by atoms with Crippen LogP contribution in [0.4, 0.5) is 0 Å². The third-order valence-corrected chi connectivity index (χ3v) is 15.2. The average Bonchev–Trinajstić information content (AvgIpc) is 4.26. The molecule has 354 valence electrons. The highest BCUT2D eigenvalue weighted by Crippen LogP contribution is 2.44. The summed E-state index contributed by atoms with van der Waals surface area (Å²) in [7, 11) is 0. The van der Waals surface area contributed by atoms with E-state index in [9.17, 15) is 0 Å². The van der Waals surface area contributed by atoms with Crippen molar-refractivity contribution in [2.45, 2.75) is 0 Å². The van der Waals surface area contributed by atoms with Gasteiger partial charge in [-0.2, -0.15) is 0 Å². The summed E-state index contributed by atoms with van der Waals surface area (Å²) < 4.78 is 17.9. The Labute approximate surface area is 434 Å². The Hall–Kier alpha value is -10.4. The third-order valence-electron chi connectivity index (χ3n) is 15.2. The van der Waals surface area contributed by atoms with Gasteiger partial charge in [0, 0.05) is 76.7 Å². The summed E-state index contributed by atoms with van der Waals surface area (Å²) in [5, 5.41) is 8.93. The van der Waals surface area contributed by atoms with Crippen molar-refractivity contribution in [1.82, 2.24) is 24.1 Å². The second-order valence-corrected chi connectivity index (χ2v) is 19.5. The highest BCUT2D eigenvalue weighted by molar-refractivity contribution is 6.24. The van der Waals surface area contributed by atoms with Crippen LogP contribution in [0.2, 0.25) is 0 Å². The van der Waals surface area contributed by atoms with E-state index >= 15 is 0 Å². The largest absolute Gasteiger partial charge is 0.456 e. The first-order chi connectivity index (χ1) is 37.7. The first kappa shape index (κ1) is 42.2. The SMILES string of the molecule is c1ccc(-c2nc(-c3ccc(-c4cccc5c4oc4ccccc45)cc3)nc(-c3cccc4oc5ccc(-c6ccc7c(c6)c6ccc8c9ccccc9n(-c9ccccc9)c8c6n7-c6ccccc6)cc5c34)n2)cc1. The summed E-state index contributed by atoms with van der Waals surface area (Å²) in [4.78, 5) is 15.6. The maximum absolute atomic E-state index is 6.65. The van der Waals surface area contributed by atoms with Crippen molar-refractivity contribution in [1.29, 1.82) is 0 Å². The Morgan fingerprint density at radius 1 is 0.276 bits per heavy atom. The topological polar surface area (TPSA) is 74.8 Å². The Morgan fingerprint density at radius 2 is 0.776 bits per heavy atom. The molecule has 0 atom stereocenters. The van der Waals surface area contributed by atoms with Crippen LogP contribution in [0.15, 0.2) is 258 Å². The van der Waals surface area contributed by atoms with Crippen LogP contribution in [0.1, 0.15) is 0 Å². The van der Waals surface area contributed by atoms with Crippen molar-refractivity contribution in [3.05, 3.63) is 249 Å². The van der Waals surface area contributed by atoms with Gasteiger partial charge in [-0.05, 0) is 83.4 Å². The van der Waals surface area contributed by atoms with Crippen LogP contribution in [0.3, 0.4) is 0 Å². The van der Waals surface area contributed by atoms with Crippen molar-refractivity contribution in [2.75, 3.05) is 0 Å². The Balaban J connectivity index is 0.853. The van der Waals surface area contributed by atoms with E-state index in [-0.39, 0.29) is 0 Å². The minimum Gasteiger partial charge on any atom is -0.456 e. The number of hydrogen-bond donors (Lipinski definition) is 0. The van der Waals surface area contributed by atoms with Gasteiger partial charge < -0.3 is 18.0 Å². The van der Waals surface area contributed by atoms with Gasteiger partial charge in [0.05, 0.1) is 22.1 Å². The van der Waals surface area contributed by atoms with E-state index in [1.807, 2.05) is 54.6 Å². The number of furan rings is 2. The molecule has 0 bridgehead atoms. The smallest absolute Gasteiger partial charge is 0.164 e. The molecule has 16 aromatic rings. The molecular weight excluding hydrogens is 931 g/mol. The van der Waals surface area contributed by atoms with Crippen LogP contribution in [0.5, 0.6) is 0 Å². The lowest BCUT2D eigenvalue weighted by atomic mass is 9.99. The molecule has 0 saturated carbocycles. The third kappa shape index (κ3) is 6.46. The molecule has 5 aromatic heterocycles. The summed E-state index contributed by atoms with van der Waals surface area (Å²) in [6.07, 6.45) is 0. The molecule has 0 saturated heterocycles. The van der Waals surface area contributed by atoms with E-state index < -0.39 is 0 Å². The van der Waals surface area contributed by atoms with Gasteiger partial charge in [0.1, 0.15) is 22.3 Å². The predicted molar refractivity (Wildman–Crippen MR) is 310 cm³/mol. The van der Waals surface area contributed by atoms with Gasteiger partial charge in [0.2, 0.25) is 0 Å². The minimum absolute atomic E-state index is 0.563. The highest BCUT2D eigenvalue weighted by atomic mass is 16.3. The summed E-state index contributed by atoms with van der Waals surface area (Å²) in [6.45, 7) is 0. The van der Waals surface area contributed by atoms with Gasteiger partial charge in [-0.3, -0.25) is 0 Å². The van der Waals surface area contributed by atoms with Gasteiger partial charge >= 0.3 is 0 Å². The number of aromatic nitrogens is 5. The fourth-order valence-electron chi connectivity index (χ4n) is 11.7. The molecule has 16 rings (SSSR count). The molecule has 0 amide bonds. The van der Waals surface area contributed by atoms with Crippen LogP contribution in [-0.2, 0) is 0 Å². The summed E-state index contributed by atoms with van der Waals surface area (Å²) >= 11 is 0. The fraction of sp³-hybridized carbons (Fsp3) is 0. The summed E-state index contributed by atoms with van der Waals surface area (Å²) in [6, 6.07) is 87.4. The van der Waals surface area contributed by atoms with Gasteiger partial charge in [-0.1, -0.05) is 182 Å². The zero-order valence-electron chi connectivity index (χ0n) is 40.7. The number of nitrogens with zero attached hydrogens (tertiary/aromatic N) is 5. The van der Waals surface area contributed by atoms with Crippen molar-refractivity contribution in [3.63, 3.8) is 0 Å². The quantitative estimate of drug-likeness (QED) is 0.159. The van der Waals surface area contributed by atoms with E-state index in [0.29, 0.717) is 17.5 Å². The number of benzene rings is 11. The van der Waals surface area contributed by atoms with E-state index in [1.165, 1.54) is 38.1 Å². The first-order valence-corrected chi connectivity index (χ1v) is 25.6. The zero-order valence-corrected chi connectivity index (χ0v) is 40.7. The maximum Gasteiger partial charge on any atom is 0.164 e. The molecule has 0 fully saturated rings. The molecule has 5 heterocycles. The normalized spacial score (nSPS) is 11.9. The van der Waals surface area contributed by atoms with Gasteiger partial charge in [-0.25, -0.2) is 15.0 Å². The molecule has 0 spiro atoms. The number of fused-ring (bicyclic) bond motifs is 13. The Bertz CT molecular complexity index is 4970. The van der Waals surface area contributed by atoms with Crippen LogP contribution >= 0.6 is 0 Å². The molecule has 0 aliphatic carbocycles. The number of rotatable bonds is 7. The monoisotopic (exact) mass is 971 g/mol. The predicted octanol–water partition coefficient (Wildman–Crippen LogP) is 18.2. The van der Waals surface area contributed by atoms with E-state index in [1.54, 1.807) is 0 Å². The van der Waals surface area contributed by atoms with Crippen molar-refractivity contribution < 1.29 is 8.83 Å². The van der Waals surface area contributed by atoms with E-state index in [2.05, 4.69) is 203 Å². The van der Waals surface area contributed by atoms with Crippen molar-refractivity contribution in [3.8, 4) is 67.8 Å². The lowest BCUT2D eigenvalue weighted by Crippen LogP contribution is -2.00. The second kappa shape index (κ2) is 16.6. The number of hydrogen-bond acceptors (Lipinski definition) is 5. The maximum atomic E-state index is 6.65. The molecule has 0 aliphatic rings. The fourth-order valence-corrected chi connectivity index (χ4v) is 11.7. The molecule has 11 aromatic carbocycles. The molecule has 76 heavy (non-hydrogen) atoms. The highest BCUT2D eigenvalue weighted by Gasteiger charge is 2.23. The van der Waals surface area contributed by atoms with E-state index in [0.717, 1.165) is 99.7 Å². The van der Waals surface area contributed by atoms with Gasteiger partial charge in [-0.15, -0.1) is 0 Å². The molecule has 0 aliphatic heterocycles. The molecule has 0 N–H and O–H groups in total. The van der Waals surface area contributed by atoms with Crippen LogP contribution in [0.25, 0.3) is 155 Å². The molecular formula is C69H41N5O2. The zero-order chi connectivity index (χ0) is 49.8. The lowest BCUT2D eigenvalue weighted by molar-refractivity contribution is 0.669. The van der Waals surface area contributed by atoms with Gasteiger partial charge in [0.15, 0.2) is 17.5 Å². The first-order valence-electron chi connectivity index (χ1n) is 25.6. The number of para-hydroxylation sites is 5. The molecule has 7 nitrogen and oxygen atoms in total. The van der Waals surface area contributed by atoms with Gasteiger partial charge in [0.25, 0.3) is 0 Å². The second-order valence-electron chi connectivity index (χ2n) is 19.5. The minimum atomic E-state index is 0.563. The summed E-state index contributed by atoms with van der Waals surface area (Å²) in [5.74, 6) is 1.73. The Morgan fingerprint density at radius 3 is 1.51 bits per heavy atom.